The van der Waals surface area contributed by atoms with Gasteiger partial charge < -0.3 is 11.1 Å². The second kappa shape index (κ2) is 3.72. The highest BCUT2D eigenvalue weighted by atomic mass is 16.2. The van der Waals surface area contributed by atoms with Crippen molar-refractivity contribution in [2.24, 2.45) is 11.1 Å². The molecule has 0 heterocycles. The number of hydrogen-bond donors (Lipinski definition) is 2. The smallest absolute Gasteiger partial charge is 0.225 e. The normalized spacial score (nSPS) is 14.3. The Balaban J connectivity index is 3.88. The van der Waals surface area contributed by atoms with Gasteiger partial charge in [-0.05, 0) is 6.92 Å². The zero-order valence-corrected chi connectivity index (χ0v) is 7.77. The standard InChI is InChI=1S/C8H18N2O/c1-6(5-9)10-7(11)8(2,3)4/h6H,5,9H2,1-4H3,(H,10,11)/t6-/m1/s1. The number of nitrogens with two attached hydrogens (primary N) is 1. The Labute approximate surface area is 68.3 Å². The minimum Gasteiger partial charge on any atom is -0.352 e. The molecule has 0 aromatic carbocycles. The largest absolute Gasteiger partial charge is 0.352 e. The van der Waals surface area contributed by atoms with Crippen LogP contribution in [0.15, 0.2) is 0 Å². The average Bonchev–Trinajstić information content (AvgIpc) is 1.85. The van der Waals surface area contributed by atoms with Crippen LogP contribution in [-0.4, -0.2) is 18.5 Å². The summed E-state index contributed by atoms with van der Waals surface area (Å²) in [6.07, 6.45) is 0. The summed E-state index contributed by atoms with van der Waals surface area (Å²) in [6.45, 7) is 8.02. The van der Waals surface area contributed by atoms with Gasteiger partial charge in [-0.25, -0.2) is 0 Å². The summed E-state index contributed by atoms with van der Waals surface area (Å²) in [5, 5.41) is 2.81. The molecule has 0 saturated carbocycles. The predicted octanol–water partition coefficient (Wildman–Crippen LogP) is 0.496. The van der Waals surface area contributed by atoms with Crippen LogP contribution < -0.4 is 11.1 Å². The predicted molar refractivity (Wildman–Crippen MR) is 46.1 cm³/mol. The molecule has 3 heteroatoms. The van der Waals surface area contributed by atoms with Gasteiger partial charge in [0, 0.05) is 18.0 Å². The molecule has 0 bridgehead atoms. The third-order valence-electron chi connectivity index (χ3n) is 1.41. The molecule has 3 N–H and O–H groups in total. The zero-order valence-electron chi connectivity index (χ0n) is 7.77. The van der Waals surface area contributed by atoms with E-state index in [-0.39, 0.29) is 17.4 Å². The van der Waals surface area contributed by atoms with Crippen LogP contribution in [0.25, 0.3) is 0 Å². The lowest BCUT2D eigenvalue weighted by Gasteiger charge is -2.20. The van der Waals surface area contributed by atoms with Crippen LogP contribution in [0.1, 0.15) is 27.7 Å². The fourth-order valence-electron chi connectivity index (χ4n) is 0.499. The van der Waals surface area contributed by atoms with Gasteiger partial charge in [0.15, 0.2) is 0 Å². The number of carbonyl (C=O) groups excluding carboxylic acids is 1. The Morgan fingerprint density at radius 3 is 2.27 bits per heavy atom. The fraction of sp³-hybridized carbons (Fsp3) is 0.875. The van der Waals surface area contributed by atoms with Crippen LogP contribution in [0.3, 0.4) is 0 Å². The van der Waals surface area contributed by atoms with Crippen molar-refractivity contribution >= 4 is 5.91 Å². The van der Waals surface area contributed by atoms with E-state index >= 15 is 0 Å². The van der Waals surface area contributed by atoms with Gasteiger partial charge in [-0.15, -0.1) is 0 Å². The van der Waals surface area contributed by atoms with E-state index in [1.165, 1.54) is 0 Å². The molecule has 0 saturated heterocycles. The number of amides is 1. The maximum absolute atomic E-state index is 11.3. The van der Waals surface area contributed by atoms with Gasteiger partial charge in [-0.2, -0.15) is 0 Å². The van der Waals surface area contributed by atoms with Gasteiger partial charge in [0.2, 0.25) is 5.91 Å². The monoisotopic (exact) mass is 158 g/mol. The first kappa shape index (κ1) is 10.4. The summed E-state index contributed by atoms with van der Waals surface area (Å²) in [6, 6.07) is 0.0710. The summed E-state index contributed by atoms with van der Waals surface area (Å²) >= 11 is 0. The summed E-state index contributed by atoms with van der Waals surface area (Å²) in [4.78, 5) is 11.3. The fourth-order valence-corrected chi connectivity index (χ4v) is 0.499. The number of hydrogen-bond acceptors (Lipinski definition) is 2. The van der Waals surface area contributed by atoms with Crippen molar-refractivity contribution in [1.82, 2.24) is 5.32 Å². The van der Waals surface area contributed by atoms with E-state index in [4.69, 9.17) is 5.73 Å². The lowest BCUT2D eigenvalue weighted by Crippen LogP contribution is -2.43. The van der Waals surface area contributed by atoms with E-state index in [9.17, 15) is 4.79 Å². The molecule has 66 valence electrons. The van der Waals surface area contributed by atoms with E-state index in [2.05, 4.69) is 5.32 Å². The van der Waals surface area contributed by atoms with Crippen molar-refractivity contribution in [3.8, 4) is 0 Å². The lowest BCUT2D eigenvalue weighted by atomic mass is 9.95. The van der Waals surface area contributed by atoms with Crippen LogP contribution in [0.5, 0.6) is 0 Å². The molecule has 0 unspecified atom stereocenters. The minimum absolute atomic E-state index is 0.0513. The molecule has 1 atom stereocenters. The van der Waals surface area contributed by atoms with E-state index < -0.39 is 0 Å². The minimum atomic E-state index is -0.316. The van der Waals surface area contributed by atoms with Crippen LogP contribution in [0.4, 0.5) is 0 Å². The van der Waals surface area contributed by atoms with Gasteiger partial charge >= 0.3 is 0 Å². The highest BCUT2D eigenvalue weighted by Gasteiger charge is 2.21. The molecular weight excluding hydrogens is 140 g/mol. The second-order valence-electron chi connectivity index (χ2n) is 3.86. The Morgan fingerprint density at radius 2 is 2.00 bits per heavy atom. The van der Waals surface area contributed by atoms with Gasteiger partial charge in [-0.3, -0.25) is 4.79 Å². The Hall–Kier alpha value is -0.570. The first-order valence-electron chi connectivity index (χ1n) is 3.89. The summed E-state index contributed by atoms with van der Waals surface area (Å²) in [5.41, 5.74) is 5.03. The molecule has 11 heavy (non-hydrogen) atoms. The van der Waals surface area contributed by atoms with Crippen LogP contribution in [-0.2, 0) is 4.79 Å². The molecule has 0 aliphatic carbocycles. The highest BCUT2D eigenvalue weighted by molar-refractivity contribution is 5.81. The molecule has 0 radical (unpaired) electrons. The Kier molecular flexibility index (Phi) is 3.52. The summed E-state index contributed by atoms with van der Waals surface area (Å²) in [5.74, 6) is 0.0513. The summed E-state index contributed by atoms with van der Waals surface area (Å²) < 4.78 is 0. The van der Waals surface area contributed by atoms with E-state index in [1.807, 2.05) is 27.7 Å². The van der Waals surface area contributed by atoms with Gasteiger partial charge in [0.25, 0.3) is 0 Å². The van der Waals surface area contributed by atoms with E-state index in [0.29, 0.717) is 6.54 Å². The maximum atomic E-state index is 11.3. The first-order valence-corrected chi connectivity index (χ1v) is 3.89. The van der Waals surface area contributed by atoms with Crippen molar-refractivity contribution in [2.75, 3.05) is 6.54 Å². The van der Waals surface area contributed by atoms with E-state index in [1.54, 1.807) is 0 Å². The second-order valence-corrected chi connectivity index (χ2v) is 3.86. The van der Waals surface area contributed by atoms with Crippen LogP contribution in [0, 0.1) is 5.41 Å². The third-order valence-corrected chi connectivity index (χ3v) is 1.41. The molecular formula is C8H18N2O. The van der Waals surface area contributed by atoms with Crippen molar-refractivity contribution in [1.29, 1.82) is 0 Å². The molecule has 0 aromatic rings. The Morgan fingerprint density at radius 1 is 1.55 bits per heavy atom. The number of nitrogens with one attached hydrogen (secondary N) is 1. The molecule has 1 amide bonds. The topological polar surface area (TPSA) is 55.1 Å². The molecule has 0 aromatic heterocycles. The van der Waals surface area contributed by atoms with Crippen LogP contribution >= 0.6 is 0 Å². The highest BCUT2D eigenvalue weighted by Crippen LogP contribution is 2.12. The molecule has 0 rings (SSSR count). The third kappa shape index (κ3) is 3.98. The summed E-state index contributed by atoms with van der Waals surface area (Å²) in [7, 11) is 0. The van der Waals surface area contributed by atoms with Crippen LogP contribution in [0.2, 0.25) is 0 Å². The quantitative estimate of drug-likeness (QED) is 0.614. The Bertz CT molecular complexity index is 138. The number of carbonyl (C=O) groups is 1. The molecule has 3 nitrogen and oxygen atoms in total. The molecule has 0 aliphatic heterocycles. The van der Waals surface area contributed by atoms with Crippen molar-refractivity contribution in [3.05, 3.63) is 0 Å². The lowest BCUT2D eigenvalue weighted by molar-refractivity contribution is -0.129. The van der Waals surface area contributed by atoms with E-state index in [0.717, 1.165) is 0 Å². The number of rotatable bonds is 2. The van der Waals surface area contributed by atoms with Gasteiger partial charge in [0.05, 0.1) is 0 Å². The first-order chi connectivity index (χ1) is 4.88. The maximum Gasteiger partial charge on any atom is 0.225 e. The molecule has 0 aliphatic rings. The van der Waals surface area contributed by atoms with Crippen molar-refractivity contribution in [3.63, 3.8) is 0 Å². The SMILES string of the molecule is C[C@H](CN)NC(=O)C(C)(C)C. The molecule has 0 fully saturated rings. The zero-order chi connectivity index (χ0) is 9.07. The van der Waals surface area contributed by atoms with Gasteiger partial charge in [-0.1, -0.05) is 20.8 Å². The van der Waals surface area contributed by atoms with Gasteiger partial charge in [0.1, 0.15) is 0 Å². The molecule has 0 spiro atoms. The van der Waals surface area contributed by atoms with Crippen molar-refractivity contribution < 1.29 is 4.79 Å². The average molecular weight is 158 g/mol. The van der Waals surface area contributed by atoms with Crippen molar-refractivity contribution in [2.45, 2.75) is 33.7 Å².